The number of aromatic nitrogens is 1. The molecule has 0 saturated heterocycles. The van der Waals surface area contributed by atoms with Crippen molar-refractivity contribution >= 4 is 11.6 Å². The number of furan rings is 1. The van der Waals surface area contributed by atoms with Crippen molar-refractivity contribution in [2.75, 3.05) is 0 Å². The van der Waals surface area contributed by atoms with Crippen LogP contribution in [0.1, 0.15) is 43.5 Å². The normalized spacial score (nSPS) is 13.5. The van der Waals surface area contributed by atoms with Crippen molar-refractivity contribution in [2.24, 2.45) is 0 Å². The van der Waals surface area contributed by atoms with E-state index in [0.717, 1.165) is 5.56 Å². The lowest BCUT2D eigenvalue weighted by atomic mass is 9.92. The van der Waals surface area contributed by atoms with Crippen LogP contribution in [0.15, 0.2) is 22.7 Å². The van der Waals surface area contributed by atoms with Crippen LogP contribution in [0.5, 0.6) is 0 Å². The Hall–Kier alpha value is -2.23. The molecule has 17 heavy (non-hydrogen) atoms. The first kappa shape index (κ1) is 9.96. The maximum Gasteiger partial charge on any atom is 0.231 e. The van der Waals surface area contributed by atoms with Gasteiger partial charge in [0.1, 0.15) is 11.5 Å². The van der Waals surface area contributed by atoms with Gasteiger partial charge in [-0.3, -0.25) is 14.6 Å². The predicted molar refractivity (Wildman–Crippen MR) is 59.3 cm³/mol. The fourth-order valence-electron chi connectivity index (χ4n) is 2.02. The van der Waals surface area contributed by atoms with E-state index in [1.165, 1.54) is 0 Å². The molecule has 0 spiro atoms. The Morgan fingerprint density at radius 1 is 1.06 bits per heavy atom. The summed E-state index contributed by atoms with van der Waals surface area (Å²) >= 11 is 0. The minimum absolute atomic E-state index is 0.132. The summed E-state index contributed by atoms with van der Waals surface area (Å²) in [5.41, 5.74) is 1.71. The Kier molecular flexibility index (Phi) is 1.84. The van der Waals surface area contributed by atoms with Crippen molar-refractivity contribution in [3.05, 3.63) is 52.2 Å². The van der Waals surface area contributed by atoms with Crippen molar-refractivity contribution in [1.29, 1.82) is 0 Å². The van der Waals surface area contributed by atoms with E-state index >= 15 is 0 Å². The van der Waals surface area contributed by atoms with Crippen molar-refractivity contribution in [3.63, 3.8) is 0 Å². The van der Waals surface area contributed by atoms with E-state index in [9.17, 15) is 9.59 Å². The van der Waals surface area contributed by atoms with Gasteiger partial charge in [0.25, 0.3) is 0 Å². The number of nitrogens with zero attached hydrogens (tertiary/aromatic N) is 1. The lowest BCUT2D eigenvalue weighted by molar-refractivity contribution is 0.0956. The molecule has 0 fully saturated rings. The average molecular weight is 227 g/mol. The molecule has 0 atom stereocenters. The number of fused-ring (bicyclic) bond motifs is 2. The molecule has 0 radical (unpaired) electrons. The number of hydrogen-bond donors (Lipinski definition) is 0. The highest BCUT2D eigenvalue weighted by Crippen LogP contribution is 2.28. The largest absolute Gasteiger partial charge is 0.457 e. The number of aryl methyl sites for hydroxylation is 2. The van der Waals surface area contributed by atoms with Crippen molar-refractivity contribution in [2.45, 2.75) is 13.8 Å². The zero-order valence-electron chi connectivity index (χ0n) is 9.40. The van der Waals surface area contributed by atoms with E-state index in [-0.39, 0.29) is 23.0 Å². The molecule has 3 rings (SSSR count). The fourth-order valence-corrected chi connectivity index (χ4v) is 2.02. The first-order valence-corrected chi connectivity index (χ1v) is 5.24. The molecule has 1 aliphatic carbocycles. The zero-order valence-corrected chi connectivity index (χ0v) is 9.40. The summed E-state index contributed by atoms with van der Waals surface area (Å²) in [6.45, 7) is 3.54. The van der Waals surface area contributed by atoms with E-state index in [1.807, 2.05) is 6.92 Å². The van der Waals surface area contributed by atoms with E-state index < -0.39 is 0 Å². The van der Waals surface area contributed by atoms with Gasteiger partial charge in [-0.05, 0) is 31.5 Å². The quantitative estimate of drug-likeness (QED) is 0.589. The third-order valence-corrected chi connectivity index (χ3v) is 2.79. The molecule has 0 unspecified atom stereocenters. The van der Waals surface area contributed by atoms with E-state index in [2.05, 4.69) is 4.98 Å². The maximum absolute atomic E-state index is 12.1. The van der Waals surface area contributed by atoms with Crippen LogP contribution < -0.4 is 0 Å². The van der Waals surface area contributed by atoms with Gasteiger partial charge in [-0.2, -0.15) is 0 Å². The number of rotatable bonds is 0. The molecular formula is C13H9NO3. The predicted octanol–water partition coefficient (Wildman–Crippen LogP) is 2.07. The Morgan fingerprint density at radius 2 is 1.82 bits per heavy atom. The highest BCUT2D eigenvalue weighted by atomic mass is 16.3. The number of pyridine rings is 1. The molecule has 0 bridgehead atoms. The summed E-state index contributed by atoms with van der Waals surface area (Å²) in [6.07, 6.45) is 1.59. The summed E-state index contributed by atoms with van der Waals surface area (Å²) in [4.78, 5) is 28.3. The van der Waals surface area contributed by atoms with Crippen LogP contribution in [0, 0.1) is 13.8 Å². The molecule has 2 heterocycles. The van der Waals surface area contributed by atoms with Gasteiger partial charge in [-0.25, -0.2) is 0 Å². The van der Waals surface area contributed by atoms with Crippen LogP contribution in [0.3, 0.4) is 0 Å². The highest BCUT2D eigenvalue weighted by Gasteiger charge is 2.34. The van der Waals surface area contributed by atoms with Crippen LogP contribution in [0.2, 0.25) is 0 Å². The number of ketones is 2. The summed E-state index contributed by atoms with van der Waals surface area (Å²) in [5.74, 6) is 0.180. The topological polar surface area (TPSA) is 60.2 Å². The van der Waals surface area contributed by atoms with Gasteiger partial charge in [-0.1, -0.05) is 0 Å². The molecule has 2 aromatic heterocycles. The molecule has 1 aliphatic rings. The first-order valence-electron chi connectivity index (χ1n) is 5.24. The molecule has 2 aromatic rings. The van der Waals surface area contributed by atoms with Crippen molar-refractivity contribution in [3.8, 4) is 0 Å². The summed E-state index contributed by atoms with van der Waals surface area (Å²) in [6, 6.07) is 3.25. The summed E-state index contributed by atoms with van der Waals surface area (Å²) < 4.78 is 5.29. The monoisotopic (exact) mass is 227 g/mol. The van der Waals surface area contributed by atoms with Crippen LogP contribution >= 0.6 is 0 Å². The third kappa shape index (κ3) is 1.27. The molecule has 0 saturated carbocycles. The van der Waals surface area contributed by atoms with Gasteiger partial charge in [0.2, 0.25) is 11.6 Å². The van der Waals surface area contributed by atoms with Gasteiger partial charge in [0.05, 0.1) is 11.1 Å². The van der Waals surface area contributed by atoms with Crippen LogP contribution in [-0.2, 0) is 0 Å². The lowest BCUT2D eigenvalue weighted by Crippen LogP contribution is -2.20. The molecular weight excluding hydrogens is 218 g/mol. The molecule has 0 aliphatic heterocycles. The van der Waals surface area contributed by atoms with Crippen molar-refractivity contribution in [1.82, 2.24) is 4.98 Å². The minimum atomic E-state index is -0.265. The van der Waals surface area contributed by atoms with Crippen molar-refractivity contribution < 1.29 is 14.0 Å². The third-order valence-electron chi connectivity index (χ3n) is 2.79. The van der Waals surface area contributed by atoms with Crippen LogP contribution in [-0.4, -0.2) is 16.6 Å². The maximum atomic E-state index is 12.1. The number of hydrogen-bond acceptors (Lipinski definition) is 4. The van der Waals surface area contributed by atoms with E-state index in [1.54, 1.807) is 25.3 Å². The van der Waals surface area contributed by atoms with Gasteiger partial charge in [0.15, 0.2) is 5.76 Å². The highest BCUT2D eigenvalue weighted by molar-refractivity contribution is 6.26. The zero-order chi connectivity index (χ0) is 12.2. The summed E-state index contributed by atoms with van der Waals surface area (Å²) in [5, 5.41) is 0. The van der Waals surface area contributed by atoms with Gasteiger partial charge in [-0.15, -0.1) is 0 Å². The van der Waals surface area contributed by atoms with E-state index in [4.69, 9.17) is 4.42 Å². The molecule has 0 amide bonds. The molecule has 4 heteroatoms. The average Bonchev–Trinajstić information content (AvgIpc) is 2.68. The Balaban J connectivity index is 2.32. The smallest absolute Gasteiger partial charge is 0.231 e. The Labute approximate surface area is 97.3 Å². The second kappa shape index (κ2) is 3.13. The molecule has 0 N–H and O–H groups in total. The Bertz CT molecular complexity index is 667. The van der Waals surface area contributed by atoms with Crippen LogP contribution in [0.25, 0.3) is 0 Å². The Morgan fingerprint density at radius 3 is 2.59 bits per heavy atom. The van der Waals surface area contributed by atoms with Crippen LogP contribution in [0.4, 0.5) is 0 Å². The fraction of sp³-hybridized carbons (Fsp3) is 0.154. The number of carbonyl (C=O) groups is 2. The molecule has 4 nitrogen and oxygen atoms in total. The summed E-state index contributed by atoms with van der Waals surface area (Å²) in [7, 11) is 0. The second-order valence-corrected chi connectivity index (χ2v) is 4.17. The molecule has 84 valence electrons. The van der Waals surface area contributed by atoms with E-state index in [0.29, 0.717) is 16.9 Å². The standard InChI is InChI=1S/C13H9NO3/c1-6-3-8-10(14-5-6)11(15)9-4-7(2)17-13(9)12(8)16/h3-5H,1-2H3. The first-order chi connectivity index (χ1) is 8.08. The van der Waals surface area contributed by atoms with Gasteiger partial charge < -0.3 is 4.42 Å². The SMILES string of the molecule is Cc1cnc2c(c1)C(=O)c1oc(C)cc1C2=O. The minimum Gasteiger partial charge on any atom is -0.457 e. The lowest BCUT2D eigenvalue weighted by Gasteiger charge is -2.12. The molecule has 0 aromatic carbocycles. The number of carbonyl (C=O) groups excluding carboxylic acids is 2. The second-order valence-electron chi connectivity index (χ2n) is 4.17. The van der Waals surface area contributed by atoms with Gasteiger partial charge >= 0.3 is 0 Å². The van der Waals surface area contributed by atoms with Gasteiger partial charge in [0, 0.05) is 6.20 Å².